The molecule has 0 unspecified atom stereocenters. The summed E-state index contributed by atoms with van der Waals surface area (Å²) in [6.45, 7) is 9.39. The van der Waals surface area contributed by atoms with Gasteiger partial charge in [-0.15, -0.1) is 0 Å². The number of carbonyl (C=O) groups excluding carboxylic acids is 1. The summed E-state index contributed by atoms with van der Waals surface area (Å²) in [6, 6.07) is 7.74. The van der Waals surface area contributed by atoms with Gasteiger partial charge < -0.3 is 24.8 Å². The maximum absolute atomic E-state index is 13.1. The van der Waals surface area contributed by atoms with Crippen LogP contribution in [0.5, 0.6) is 0 Å². The molecule has 1 fully saturated rings. The Kier molecular flexibility index (Phi) is 5.88. The number of benzene rings is 1. The van der Waals surface area contributed by atoms with Crippen molar-refractivity contribution in [2.24, 2.45) is 17.8 Å². The lowest BCUT2D eigenvalue weighted by atomic mass is 9.73. The van der Waals surface area contributed by atoms with Gasteiger partial charge in [-0.05, 0) is 36.3 Å². The summed E-state index contributed by atoms with van der Waals surface area (Å²) < 4.78 is 12.2. The van der Waals surface area contributed by atoms with Crippen LogP contribution in [-0.2, 0) is 14.3 Å². The van der Waals surface area contributed by atoms with Crippen LogP contribution in [0.3, 0.4) is 0 Å². The van der Waals surface area contributed by atoms with Crippen molar-refractivity contribution >= 4 is 5.97 Å². The zero-order valence-electron chi connectivity index (χ0n) is 17.2. The van der Waals surface area contributed by atoms with E-state index >= 15 is 0 Å². The maximum atomic E-state index is 13.1. The fourth-order valence-corrected chi connectivity index (χ4v) is 4.32. The number of fused-ring (bicyclic) bond motifs is 2. The zero-order valence-corrected chi connectivity index (χ0v) is 17.2. The monoisotopic (exact) mass is 392 g/mol. The first-order valence-corrected chi connectivity index (χ1v) is 10.1. The Morgan fingerprint density at radius 1 is 1.04 bits per heavy atom. The molecule has 0 aromatic heterocycles. The summed E-state index contributed by atoms with van der Waals surface area (Å²) >= 11 is 0. The lowest BCUT2D eigenvalue weighted by Crippen LogP contribution is -2.63. The summed E-state index contributed by atoms with van der Waals surface area (Å²) in [5.41, 5.74) is 0.0428. The van der Waals surface area contributed by atoms with Gasteiger partial charge in [0.15, 0.2) is 0 Å². The molecule has 1 saturated carbocycles. The van der Waals surface area contributed by atoms with E-state index in [-0.39, 0.29) is 24.4 Å². The van der Waals surface area contributed by atoms with Gasteiger partial charge in [0.2, 0.25) is 0 Å². The van der Waals surface area contributed by atoms with Crippen LogP contribution in [0.1, 0.15) is 64.4 Å². The third-order valence-corrected chi connectivity index (χ3v) is 6.13. The smallest absolute Gasteiger partial charge is 0.312 e. The Hall–Kier alpha value is -1.47. The van der Waals surface area contributed by atoms with Crippen molar-refractivity contribution in [2.75, 3.05) is 0 Å². The van der Waals surface area contributed by atoms with E-state index in [1.54, 1.807) is 0 Å². The second-order valence-corrected chi connectivity index (χ2v) is 9.02. The zero-order chi connectivity index (χ0) is 20.8. The van der Waals surface area contributed by atoms with Crippen molar-refractivity contribution < 1.29 is 29.6 Å². The molecule has 2 aliphatic rings. The van der Waals surface area contributed by atoms with Gasteiger partial charge in [0.05, 0.1) is 18.1 Å². The van der Waals surface area contributed by atoms with Crippen LogP contribution in [0.25, 0.3) is 0 Å². The summed E-state index contributed by atoms with van der Waals surface area (Å²) in [5, 5.41) is 31.8. The third-order valence-electron chi connectivity index (χ3n) is 6.13. The van der Waals surface area contributed by atoms with Crippen molar-refractivity contribution in [3.63, 3.8) is 0 Å². The fourth-order valence-electron chi connectivity index (χ4n) is 4.32. The largest absolute Gasteiger partial charge is 0.457 e. The molecule has 0 amide bonds. The van der Waals surface area contributed by atoms with Crippen molar-refractivity contribution in [3.8, 4) is 0 Å². The van der Waals surface area contributed by atoms with Gasteiger partial charge in [0.1, 0.15) is 23.9 Å². The van der Waals surface area contributed by atoms with Gasteiger partial charge >= 0.3 is 5.97 Å². The van der Waals surface area contributed by atoms with Crippen LogP contribution in [-0.4, -0.2) is 45.2 Å². The molecule has 1 aliphatic heterocycles. The Bertz CT molecular complexity index is 713. The first-order chi connectivity index (χ1) is 13.1. The first kappa shape index (κ1) is 21.2. The first-order valence-electron chi connectivity index (χ1n) is 10.1. The summed E-state index contributed by atoms with van der Waals surface area (Å²) in [4.78, 5) is 13.1. The lowest BCUT2D eigenvalue weighted by Gasteiger charge is -2.46. The van der Waals surface area contributed by atoms with Crippen molar-refractivity contribution in [2.45, 2.75) is 77.2 Å². The Morgan fingerprint density at radius 2 is 1.57 bits per heavy atom. The van der Waals surface area contributed by atoms with E-state index in [9.17, 15) is 20.1 Å². The van der Waals surface area contributed by atoms with Crippen molar-refractivity contribution in [3.05, 3.63) is 35.4 Å². The van der Waals surface area contributed by atoms with E-state index in [2.05, 4.69) is 0 Å². The molecule has 1 heterocycles. The molecule has 28 heavy (non-hydrogen) atoms. The van der Waals surface area contributed by atoms with E-state index in [0.29, 0.717) is 0 Å². The molecule has 1 aliphatic carbocycles. The third kappa shape index (κ3) is 3.59. The Balaban J connectivity index is 2.14. The Labute approximate surface area is 166 Å². The number of aliphatic hydroxyl groups excluding tert-OH is 2. The molecule has 156 valence electrons. The molecule has 3 rings (SSSR count). The SMILES string of the molecule is CC(C)[C@@H]1OC(=O)[C@@H]2C[C@H](O)[C@](C)(O)[C@H](O)[C@H]2O[C@@H](C(C)C)c2ccccc21. The van der Waals surface area contributed by atoms with Crippen LogP contribution in [0.2, 0.25) is 0 Å². The number of rotatable bonds is 2. The van der Waals surface area contributed by atoms with Crippen molar-refractivity contribution in [1.82, 2.24) is 0 Å². The summed E-state index contributed by atoms with van der Waals surface area (Å²) in [6.07, 6.45) is -4.52. The van der Waals surface area contributed by atoms with Gasteiger partial charge in [-0.1, -0.05) is 52.0 Å². The molecule has 6 heteroatoms. The Morgan fingerprint density at radius 3 is 2.11 bits per heavy atom. The quantitative estimate of drug-likeness (QED) is 0.670. The summed E-state index contributed by atoms with van der Waals surface area (Å²) in [5.74, 6) is -1.28. The van der Waals surface area contributed by atoms with E-state index in [1.807, 2.05) is 52.0 Å². The molecule has 1 aromatic rings. The number of ether oxygens (including phenoxy) is 2. The van der Waals surface area contributed by atoms with Crippen LogP contribution >= 0.6 is 0 Å². The van der Waals surface area contributed by atoms with Gasteiger partial charge in [-0.3, -0.25) is 4.79 Å². The van der Waals surface area contributed by atoms with Crippen LogP contribution < -0.4 is 0 Å². The standard InChI is InChI=1S/C22H32O6/c1-11(2)17-13-8-6-7-9-14(13)18(12(3)4)28-21(25)15-10-16(23)22(5,26)20(24)19(15)27-17/h6-9,11-12,15-20,23-24,26H,10H2,1-5H3/t15-,16+,17+,18+,19+,20-,22+/m1/s1. The number of hydrogen-bond acceptors (Lipinski definition) is 6. The van der Waals surface area contributed by atoms with Gasteiger partial charge in [0, 0.05) is 0 Å². The molecular formula is C22H32O6. The minimum Gasteiger partial charge on any atom is -0.457 e. The van der Waals surface area contributed by atoms with Gasteiger partial charge in [0.25, 0.3) is 0 Å². The molecule has 0 spiro atoms. The van der Waals surface area contributed by atoms with E-state index in [1.165, 1.54) is 6.92 Å². The fraction of sp³-hybridized carbons (Fsp3) is 0.682. The average molecular weight is 392 g/mol. The second-order valence-electron chi connectivity index (χ2n) is 9.02. The normalized spacial score (nSPS) is 38.9. The molecule has 0 radical (unpaired) electrons. The summed E-state index contributed by atoms with van der Waals surface area (Å²) in [7, 11) is 0. The number of hydrogen-bond donors (Lipinski definition) is 3. The molecular weight excluding hydrogens is 360 g/mol. The molecule has 0 bridgehead atoms. The van der Waals surface area contributed by atoms with Gasteiger partial charge in [-0.2, -0.15) is 0 Å². The number of cyclic esters (lactones) is 1. The average Bonchev–Trinajstić information content (AvgIpc) is 2.67. The predicted octanol–water partition coefficient (Wildman–Crippen LogP) is 2.52. The second kappa shape index (κ2) is 7.75. The molecule has 6 nitrogen and oxygen atoms in total. The molecule has 7 atom stereocenters. The minimum absolute atomic E-state index is 0.0282. The molecule has 3 N–H and O–H groups in total. The van der Waals surface area contributed by atoms with Crippen LogP contribution in [0, 0.1) is 17.8 Å². The highest BCUT2D eigenvalue weighted by molar-refractivity contribution is 5.74. The molecule has 0 saturated heterocycles. The van der Waals surface area contributed by atoms with Crippen molar-refractivity contribution in [1.29, 1.82) is 0 Å². The maximum Gasteiger partial charge on any atom is 0.312 e. The lowest BCUT2D eigenvalue weighted by molar-refractivity contribution is -0.239. The number of aliphatic hydroxyl groups is 3. The van der Waals surface area contributed by atoms with Gasteiger partial charge in [-0.25, -0.2) is 0 Å². The van der Waals surface area contributed by atoms with E-state index in [0.717, 1.165) is 11.1 Å². The van der Waals surface area contributed by atoms with E-state index < -0.39 is 41.9 Å². The number of carbonyl (C=O) groups is 1. The predicted molar refractivity (Wildman–Crippen MR) is 103 cm³/mol. The minimum atomic E-state index is -1.77. The molecule has 1 aromatic carbocycles. The highest BCUT2D eigenvalue weighted by Gasteiger charge is 2.55. The highest BCUT2D eigenvalue weighted by Crippen LogP contribution is 2.44. The van der Waals surface area contributed by atoms with Crippen LogP contribution in [0.15, 0.2) is 24.3 Å². The van der Waals surface area contributed by atoms with E-state index in [4.69, 9.17) is 9.47 Å². The highest BCUT2D eigenvalue weighted by atomic mass is 16.6. The van der Waals surface area contributed by atoms with Crippen LogP contribution in [0.4, 0.5) is 0 Å². The topological polar surface area (TPSA) is 96.2 Å². The number of esters is 1.